The molecule has 0 radical (unpaired) electrons. The van der Waals surface area contributed by atoms with Crippen LogP contribution < -0.4 is 15.0 Å². The molecule has 9 nitrogen and oxygen atoms in total. The number of aromatic amines is 1. The van der Waals surface area contributed by atoms with Gasteiger partial charge < -0.3 is 14.5 Å². The summed E-state index contributed by atoms with van der Waals surface area (Å²) in [6, 6.07) is 9.51. The van der Waals surface area contributed by atoms with E-state index >= 15 is 0 Å². The van der Waals surface area contributed by atoms with Gasteiger partial charge in [-0.15, -0.1) is 0 Å². The number of sulfonamides is 1. The summed E-state index contributed by atoms with van der Waals surface area (Å²) in [5, 5.41) is 0.986. The molecule has 4 rings (SSSR count). The monoisotopic (exact) mass is 478 g/mol. The highest BCUT2D eigenvalue weighted by Crippen LogP contribution is 2.31. The number of fused-ring (bicyclic) bond motifs is 1. The van der Waals surface area contributed by atoms with Crippen molar-refractivity contribution in [2.24, 2.45) is 0 Å². The molecule has 3 aromatic rings. The minimum atomic E-state index is -3.67. The summed E-state index contributed by atoms with van der Waals surface area (Å²) in [4.78, 5) is 21.8. The quantitative estimate of drug-likeness (QED) is 0.578. The van der Waals surface area contributed by atoms with Crippen molar-refractivity contribution in [3.05, 3.63) is 57.6 Å². The van der Waals surface area contributed by atoms with Crippen LogP contribution in [0.4, 0.5) is 0 Å². The number of methoxy groups -OCH3 is 2. The molecule has 0 saturated carbocycles. The van der Waals surface area contributed by atoms with Crippen molar-refractivity contribution in [2.45, 2.75) is 11.4 Å². The van der Waals surface area contributed by atoms with E-state index in [0.717, 1.165) is 0 Å². The van der Waals surface area contributed by atoms with Crippen molar-refractivity contribution in [3.8, 4) is 11.5 Å². The Labute approximate surface area is 190 Å². The van der Waals surface area contributed by atoms with Gasteiger partial charge in [-0.05, 0) is 30.3 Å². The maximum Gasteiger partial charge on any atom is 0.258 e. The van der Waals surface area contributed by atoms with Crippen molar-refractivity contribution in [1.82, 2.24) is 19.2 Å². The second-order valence-electron chi connectivity index (χ2n) is 7.37. The average Bonchev–Trinajstić information content (AvgIpc) is 2.78. The van der Waals surface area contributed by atoms with Gasteiger partial charge in [0.2, 0.25) is 10.0 Å². The highest BCUT2D eigenvalue weighted by atomic mass is 35.5. The first-order valence-corrected chi connectivity index (χ1v) is 11.8. The van der Waals surface area contributed by atoms with Crippen LogP contribution in [0.3, 0.4) is 0 Å². The third kappa shape index (κ3) is 4.44. The van der Waals surface area contributed by atoms with E-state index in [4.69, 9.17) is 21.1 Å². The summed E-state index contributed by atoms with van der Waals surface area (Å²) in [7, 11) is -0.711. The second kappa shape index (κ2) is 9.07. The topological polar surface area (TPSA) is 105 Å². The Hall–Kier alpha value is -2.66. The van der Waals surface area contributed by atoms with E-state index in [0.29, 0.717) is 66.0 Å². The van der Waals surface area contributed by atoms with E-state index < -0.39 is 10.0 Å². The van der Waals surface area contributed by atoms with Gasteiger partial charge in [0.25, 0.3) is 5.56 Å². The maximum atomic E-state index is 13.1. The van der Waals surface area contributed by atoms with Gasteiger partial charge >= 0.3 is 0 Å². The van der Waals surface area contributed by atoms with Crippen LogP contribution in [0.2, 0.25) is 5.02 Å². The minimum Gasteiger partial charge on any atom is -0.493 e. The zero-order valence-corrected chi connectivity index (χ0v) is 19.2. The van der Waals surface area contributed by atoms with Crippen LogP contribution in [0.15, 0.2) is 46.1 Å². The molecule has 1 N–H and O–H groups in total. The first-order valence-electron chi connectivity index (χ1n) is 9.95. The van der Waals surface area contributed by atoms with Crippen molar-refractivity contribution in [3.63, 3.8) is 0 Å². The molecule has 0 bridgehead atoms. The van der Waals surface area contributed by atoms with Crippen LogP contribution in [-0.4, -0.2) is 68.0 Å². The predicted molar refractivity (Wildman–Crippen MR) is 121 cm³/mol. The molecule has 1 fully saturated rings. The predicted octanol–water partition coefficient (Wildman–Crippen LogP) is 2.10. The fourth-order valence-corrected chi connectivity index (χ4v) is 5.31. The molecular formula is C21H23ClN4O5S. The molecule has 1 aliphatic rings. The van der Waals surface area contributed by atoms with E-state index in [9.17, 15) is 13.2 Å². The van der Waals surface area contributed by atoms with Gasteiger partial charge in [0.05, 0.1) is 36.6 Å². The van der Waals surface area contributed by atoms with Crippen LogP contribution >= 0.6 is 11.6 Å². The molecule has 2 heterocycles. The lowest BCUT2D eigenvalue weighted by Gasteiger charge is -2.33. The largest absolute Gasteiger partial charge is 0.493 e. The zero-order chi connectivity index (χ0) is 22.9. The third-order valence-corrected chi connectivity index (χ3v) is 7.54. The highest BCUT2D eigenvalue weighted by molar-refractivity contribution is 7.89. The molecule has 2 aromatic carbocycles. The lowest BCUT2D eigenvalue weighted by Crippen LogP contribution is -2.48. The van der Waals surface area contributed by atoms with Gasteiger partial charge in [-0.2, -0.15) is 4.31 Å². The summed E-state index contributed by atoms with van der Waals surface area (Å²) in [5.74, 6) is 1.34. The lowest BCUT2D eigenvalue weighted by molar-refractivity contribution is 0.178. The number of hydrogen-bond donors (Lipinski definition) is 1. The number of halogens is 1. The zero-order valence-electron chi connectivity index (χ0n) is 17.7. The SMILES string of the molecule is COc1ccc(S(=O)(=O)N2CCN(Cc3nc4cc(Cl)ccc4c(=O)[nH]3)CC2)cc1OC. The third-order valence-electron chi connectivity index (χ3n) is 5.42. The lowest BCUT2D eigenvalue weighted by atomic mass is 10.2. The smallest absolute Gasteiger partial charge is 0.258 e. The maximum absolute atomic E-state index is 13.1. The normalized spacial score (nSPS) is 15.7. The number of aromatic nitrogens is 2. The summed E-state index contributed by atoms with van der Waals surface area (Å²) < 4.78 is 38.0. The summed E-state index contributed by atoms with van der Waals surface area (Å²) in [6.45, 7) is 2.05. The number of nitrogens with one attached hydrogen (secondary N) is 1. The first kappa shape index (κ1) is 22.5. The summed E-state index contributed by atoms with van der Waals surface area (Å²) in [5.41, 5.74) is 0.308. The molecular weight excluding hydrogens is 456 g/mol. The molecule has 32 heavy (non-hydrogen) atoms. The number of H-pyrrole nitrogens is 1. The Morgan fingerprint density at radius 2 is 1.75 bits per heavy atom. The number of benzene rings is 2. The summed E-state index contributed by atoms with van der Waals surface area (Å²) in [6.07, 6.45) is 0. The number of piperazine rings is 1. The Bertz CT molecular complexity index is 1300. The van der Waals surface area contributed by atoms with Crippen molar-refractivity contribution >= 4 is 32.5 Å². The molecule has 1 aliphatic heterocycles. The highest BCUT2D eigenvalue weighted by Gasteiger charge is 2.29. The molecule has 11 heteroatoms. The van der Waals surface area contributed by atoms with Crippen LogP contribution in [-0.2, 0) is 16.6 Å². The Morgan fingerprint density at radius 3 is 2.44 bits per heavy atom. The van der Waals surface area contributed by atoms with Crippen molar-refractivity contribution in [2.75, 3.05) is 40.4 Å². The van der Waals surface area contributed by atoms with Gasteiger partial charge in [-0.25, -0.2) is 13.4 Å². The van der Waals surface area contributed by atoms with Crippen LogP contribution in [0.25, 0.3) is 10.9 Å². The molecule has 1 aromatic heterocycles. The van der Waals surface area contributed by atoms with Crippen molar-refractivity contribution in [1.29, 1.82) is 0 Å². The standard InChI is InChI=1S/C21H23ClN4O5S/c1-30-18-6-4-15(12-19(18)31-2)32(28,29)26-9-7-25(8-10-26)13-20-23-17-11-14(22)3-5-16(17)21(27)24-20/h3-6,11-12H,7-10,13H2,1-2H3,(H,23,24,27). The van der Waals surface area contributed by atoms with E-state index in [1.165, 1.54) is 30.7 Å². The van der Waals surface area contributed by atoms with Crippen LogP contribution in [0, 0.1) is 0 Å². The molecule has 0 amide bonds. The Kier molecular flexibility index (Phi) is 6.38. The minimum absolute atomic E-state index is 0.154. The van der Waals surface area contributed by atoms with Crippen LogP contribution in [0.1, 0.15) is 5.82 Å². The molecule has 0 spiro atoms. The molecule has 0 aliphatic carbocycles. The number of rotatable bonds is 6. The molecule has 1 saturated heterocycles. The Morgan fingerprint density at radius 1 is 1.03 bits per heavy atom. The number of hydrogen-bond acceptors (Lipinski definition) is 7. The van der Waals surface area contributed by atoms with E-state index in [2.05, 4.69) is 14.9 Å². The van der Waals surface area contributed by atoms with E-state index in [1.54, 1.807) is 24.3 Å². The molecule has 0 atom stereocenters. The Balaban J connectivity index is 1.46. The fourth-order valence-electron chi connectivity index (χ4n) is 3.70. The van der Waals surface area contributed by atoms with Gasteiger partial charge in [-0.1, -0.05) is 11.6 Å². The fraction of sp³-hybridized carbons (Fsp3) is 0.333. The van der Waals surface area contributed by atoms with E-state index in [-0.39, 0.29) is 10.5 Å². The van der Waals surface area contributed by atoms with Gasteiger partial charge in [0.1, 0.15) is 5.82 Å². The number of ether oxygens (including phenoxy) is 2. The van der Waals surface area contributed by atoms with E-state index in [1.807, 2.05) is 0 Å². The van der Waals surface area contributed by atoms with Gasteiger partial charge in [-0.3, -0.25) is 9.69 Å². The molecule has 170 valence electrons. The summed E-state index contributed by atoms with van der Waals surface area (Å²) >= 11 is 6.02. The first-order chi connectivity index (χ1) is 15.3. The van der Waals surface area contributed by atoms with Crippen LogP contribution in [0.5, 0.6) is 11.5 Å². The second-order valence-corrected chi connectivity index (χ2v) is 9.75. The molecule has 0 unspecified atom stereocenters. The van der Waals surface area contributed by atoms with Gasteiger partial charge in [0.15, 0.2) is 11.5 Å². The average molecular weight is 479 g/mol. The van der Waals surface area contributed by atoms with Crippen molar-refractivity contribution < 1.29 is 17.9 Å². The van der Waals surface area contributed by atoms with Gasteiger partial charge in [0, 0.05) is 37.3 Å². The number of nitrogens with zero attached hydrogens (tertiary/aromatic N) is 3.